The molecule has 1 atom stereocenters. The molecular weight excluding hydrogens is 478 g/mol. The average molecular weight is 516 g/mol. The van der Waals surface area contributed by atoms with E-state index in [0.29, 0.717) is 18.7 Å². The van der Waals surface area contributed by atoms with Crippen LogP contribution in [0.15, 0.2) is 42.5 Å². The van der Waals surface area contributed by atoms with E-state index >= 15 is 0 Å². The summed E-state index contributed by atoms with van der Waals surface area (Å²) in [5, 5.41) is 4.12. The molecular formula is C30H37N5O3. The summed E-state index contributed by atoms with van der Waals surface area (Å²) >= 11 is 0. The molecule has 1 saturated heterocycles. The molecule has 1 aliphatic rings. The van der Waals surface area contributed by atoms with Gasteiger partial charge in [0.05, 0.1) is 22.2 Å². The topological polar surface area (TPSA) is 81.4 Å². The number of imidazole rings is 1. The lowest BCUT2D eigenvalue weighted by atomic mass is 10.0. The number of aromatic nitrogens is 3. The van der Waals surface area contributed by atoms with E-state index in [1.807, 2.05) is 50.9 Å². The fourth-order valence-electron chi connectivity index (χ4n) is 5.52. The molecule has 0 radical (unpaired) electrons. The predicted molar refractivity (Wildman–Crippen MR) is 150 cm³/mol. The lowest BCUT2D eigenvalue weighted by Gasteiger charge is -2.33. The van der Waals surface area contributed by atoms with Gasteiger partial charge in [0.2, 0.25) is 0 Å². The van der Waals surface area contributed by atoms with Crippen LogP contribution in [0.3, 0.4) is 0 Å². The predicted octanol–water partition coefficient (Wildman–Crippen LogP) is 5.65. The van der Waals surface area contributed by atoms with E-state index < -0.39 is 11.7 Å². The Hall–Kier alpha value is -3.81. The highest BCUT2D eigenvalue weighted by Gasteiger charge is 2.28. The maximum absolute atomic E-state index is 13.5. The monoisotopic (exact) mass is 515 g/mol. The Labute approximate surface area is 223 Å². The molecule has 1 N–H and O–H groups in total. The zero-order valence-electron chi connectivity index (χ0n) is 23.2. The maximum Gasteiger partial charge on any atom is 0.407 e. The standard InChI is InChI=1S/C30H37N5O3/c1-7-35-25(17-20-11-8-10-19(2)26(20)35)27-32-23-16-21(13-14-24(23)33(27)6)28(36)34-15-9-12-22(18-34)31-29(37)38-30(3,4)5/h8,10-11,13-14,16-17,22H,7,9,12,15,18H2,1-6H3,(H,31,37). The zero-order valence-corrected chi connectivity index (χ0v) is 23.2. The molecule has 2 aromatic heterocycles. The second-order valence-corrected chi connectivity index (χ2v) is 11.2. The molecule has 0 saturated carbocycles. The van der Waals surface area contributed by atoms with E-state index in [1.165, 1.54) is 16.5 Å². The summed E-state index contributed by atoms with van der Waals surface area (Å²) in [5.74, 6) is 0.828. The average Bonchev–Trinajstić information content (AvgIpc) is 3.40. The van der Waals surface area contributed by atoms with Crippen LogP contribution in [0.1, 0.15) is 56.5 Å². The van der Waals surface area contributed by atoms with Gasteiger partial charge in [-0.3, -0.25) is 4.79 Å². The number of likely N-dealkylation sites (tertiary alicyclic amines) is 1. The normalized spacial score (nSPS) is 16.3. The fraction of sp³-hybridized carbons (Fsp3) is 0.433. The number of alkyl carbamates (subject to hydrolysis) is 1. The first-order chi connectivity index (χ1) is 18.1. The molecule has 3 heterocycles. The van der Waals surface area contributed by atoms with E-state index in [-0.39, 0.29) is 11.9 Å². The minimum atomic E-state index is -0.560. The minimum Gasteiger partial charge on any atom is -0.444 e. The molecule has 0 bridgehead atoms. The van der Waals surface area contributed by atoms with E-state index in [9.17, 15) is 9.59 Å². The molecule has 2 aromatic carbocycles. The van der Waals surface area contributed by atoms with Crippen LogP contribution in [-0.2, 0) is 18.3 Å². The van der Waals surface area contributed by atoms with Gasteiger partial charge in [0.25, 0.3) is 5.91 Å². The number of rotatable bonds is 4. The summed E-state index contributed by atoms with van der Waals surface area (Å²) in [6.07, 6.45) is 1.19. The molecule has 8 nitrogen and oxygen atoms in total. The van der Waals surface area contributed by atoms with Crippen LogP contribution in [0.2, 0.25) is 0 Å². The van der Waals surface area contributed by atoms with Crippen molar-refractivity contribution in [1.82, 2.24) is 24.3 Å². The lowest BCUT2D eigenvalue weighted by Crippen LogP contribution is -2.50. The van der Waals surface area contributed by atoms with Crippen molar-refractivity contribution in [1.29, 1.82) is 0 Å². The van der Waals surface area contributed by atoms with E-state index in [4.69, 9.17) is 9.72 Å². The number of amides is 2. The van der Waals surface area contributed by atoms with Gasteiger partial charge in [-0.05, 0) is 77.3 Å². The van der Waals surface area contributed by atoms with Crippen LogP contribution in [0.5, 0.6) is 0 Å². The maximum atomic E-state index is 13.5. The molecule has 4 aromatic rings. The molecule has 1 unspecified atom stereocenters. The number of nitrogens with one attached hydrogen (secondary N) is 1. The van der Waals surface area contributed by atoms with Crippen LogP contribution in [-0.4, -0.2) is 55.8 Å². The van der Waals surface area contributed by atoms with Crippen molar-refractivity contribution in [2.24, 2.45) is 7.05 Å². The molecule has 1 fully saturated rings. The zero-order chi connectivity index (χ0) is 27.2. The van der Waals surface area contributed by atoms with Crippen molar-refractivity contribution in [3.63, 3.8) is 0 Å². The number of hydrogen-bond donors (Lipinski definition) is 1. The van der Waals surface area contributed by atoms with E-state index in [0.717, 1.165) is 41.9 Å². The van der Waals surface area contributed by atoms with Crippen LogP contribution in [0, 0.1) is 6.92 Å². The van der Waals surface area contributed by atoms with Gasteiger partial charge >= 0.3 is 6.09 Å². The molecule has 5 rings (SSSR count). The highest BCUT2D eigenvalue weighted by Crippen LogP contribution is 2.32. The molecule has 200 valence electrons. The first kappa shape index (κ1) is 25.8. The van der Waals surface area contributed by atoms with Gasteiger partial charge in [-0.25, -0.2) is 9.78 Å². The number of fused-ring (bicyclic) bond motifs is 2. The minimum absolute atomic E-state index is 0.0481. The van der Waals surface area contributed by atoms with Crippen molar-refractivity contribution in [3.8, 4) is 11.5 Å². The Bertz CT molecular complexity index is 1520. The van der Waals surface area contributed by atoms with Gasteiger partial charge in [-0.1, -0.05) is 18.2 Å². The van der Waals surface area contributed by atoms with Crippen LogP contribution < -0.4 is 5.32 Å². The van der Waals surface area contributed by atoms with Crippen LogP contribution in [0.4, 0.5) is 4.79 Å². The largest absolute Gasteiger partial charge is 0.444 e. The SMILES string of the molecule is CCn1c(-c2nc3cc(C(=O)N4CCCC(NC(=O)OC(C)(C)C)C4)ccc3n2C)cc2cccc(C)c21. The van der Waals surface area contributed by atoms with Gasteiger partial charge in [0.1, 0.15) is 5.60 Å². The first-order valence-electron chi connectivity index (χ1n) is 13.4. The van der Waals surface area contributed by atoms with Crippen molar-refractivity contribution in [2.75, 3.05) is 13.1 Å². The second kappa shape index (κ2) is 9.82. The third-order valence-electron chi connectivity index (χ3n) is 7.22. The molecule has 0 aliphatic carbocycles. The van der Waals surface area contributed by atoms with Crippen LogP contribution >= 0.6 is 0 Å². The lowest BCUT2D eigenvalue weighted by molar-refractivity contribution is 0.0452. The van der Waals surface area contributed by atoms with Gasteiger partial charge in [0, 0.05) is 43.7 Å². The first-order valence-corrected chi connectivity index (χ1v) is 13.4. The molecule has 0 spiro atoms. The number of carbonyl (C=O) groups excluding carboxylic acids is 2. The van der Waals surface area contributed by atoms with Gasteiger partial charge in [-0.15, -0.1) is 0 Å². The summed E-state index contributed by atoms with van der Waals surface area (Å²) in [6, 6.07) is 14.2. The number of ether oxygens (including phenoxy) is 1. The van der Waals surface area contributed by atoms with Crippen molar-refractivity contribution < 1.29 is 14.3 Å². The second-order valence-electron chi connectivity index (χ2n) is 11.2. The third-order valence-corrected chi connectivity index (χ3v) is 7.22. The third kappa shape index (κ3) is 4.87. The number of aryl methyl sites for hydroxylation is 3. The Morgan fingerprint density at radius 1 is 1.16 bits per heavy atom. The van der Waals surface area contributed by atoms with Gasteiger partial charge in [0.15, 0.2) is 5.82 Å². The number of nitrogens with zero attached hydrogens (tertiary/aromatic N) is 4. The Kier molecular flexibility index (Phi) is 6.67. The van der Waals surface area contributed by atoms with Crippen molar-refractivity contribution >= 4 is 33.9 Å². The molecule has 1 aliphatic heterocycles. The number of benzene rings is 2. The molecule has 2 amide bonds. The number of carbonyl (C=O) groups is 2. The summed E-state index contributed by atoms with van der Waals surface area (Å²) < 4.78 is 9.80. The summed E-state index contributed by atoms with van der Waals surface area (Å²) in [4.78, 5) is 32.5. The number of hydrogen-bond acceptors (Lipinski definition) is 4. The van der Waals surface area contributed by atoms with Crippen LogP contribution in [0.25, 0.3) is 33.5 Å². The highest BCUT2D eigenvalue weighted by atomic mass is 16.6. The quantitative estimate of drug-likeness (QED) is 0.381. The van der Waals surface area contributed by atoms with Crippen molar-refractivity contribution in [3.05, 3.63) is 53.6 Å². The Balaban J connectivity index is 1.40. The highest BCUT2D eigenvalue weighted by molar-refractivity contribution is 5.98. The van der Waals surface area contributed by atoms with Crippen molar-refractivity contribution in [2.45, 2.75) is 65.6 Å². The summed E-state index contributed by atoms with van der Waals surface area (Å²) in [6.45, 7) is 11.8. The fourth-order valence-corrected chi connectivity index (χ4v) is 5.52. The van der Waals surface area contributed by atoms with E-state index in [2.05, 4.69) is 52.6 Å². The number of para-hydroxylation sites is 1. The smallest absolute Gasteiger partial charge is 0.407 e. The van der Waals surface area contributed by atoms with Gasteiger partial charge < -0.3 is 24.1 Å². The summed E-state index contributed by atoms with van der Waals surface area (Å²) in [7, 11) is 2.02. The van der Waals surface area contributed by atoms with E-state index in [1.54, 1.807) is 0 Å². The number of piperidine rings is 1. The molecule has 8 heteroatoms. The van der Waals surface area contributed by atoms with Gasteiger partial charge in [-0.2, -0.15) is 0 Å². The Morgan fingerprint density at radius 3 is 2.68 bits per heavy atom. The Morgan fingerprint density at radius 2 is 1.95 bits per heavy atom. The molecule has 38 heavy (non-hydrogen) atoms. The summed E-state index contributed by atoms with van der Waals surface area (Å²) in [5.41, 5.74) is 5.34.